The summed E-state index contributed by atoms with van der Waals surface area (Å²) < 4.78 is 0. The number of aromatic hydroxyl groups is 1. The van der Waals surface area contributed by atoms with Crippen LogP contribution in [0, 0.1) is 4.91 Å². The topological polar surface area (TPSA) is 49.7 Å². The standard InChI is InChI=1S/C10H7NO2S/c12-8-6-9(14-10(8)11-13)7-4-2-1-3-5-7/h1-6,12H. The molecule has 0 saturated heterocycles. The highest BCUT2D eigenvalue weighted by molar-refractivity contribution is 7.19. The molecular formula is C10H7NO2S. The smallest absolute Gasteiger partial charge is 0.203 e. The molecular weight excluding hydrogens is 198 g/mol. The maximum absolute atomic E-state index is 10.3. The van der Waals surface area contributed by atoms with Crippen LogP contribution in [-0.2, 0) is 0 Å². The van der Waals surface area contributed by atoms with E-state index in [-0.39, 0.29) is 10.8 Å². The zero-order chi connectivity index (χ0) is 9.97. The van der Waals surface area contributed by atoms with Crippen LogP contribution in [0.4, 0.5) is 5.00 Å². The molecule has 0 fully saturated rings. The molecule has 1 aromatic carbocycles. The summed E-state index contributed by atoms with van der Waals surface area (Å²) in [4.78, 5) is 11.1. The van der Waals surface area contributed by atoms with Gasteiger partial charge in [-0.25, -0.2) is 0 Å². The average molecular weight is 205 g/mol. The summed E-state index contributed by atoms with van der Waals surface area (Å²) in [6.07, 6.45) is 0. The highest BCUT2D eigenvalue weighted by atomic mass is 32.1. The molecule has 0 unspecified atom stereocenters. The fourth-order valence-electron chi connectivity index (χ4n) is 1.18. The van der Waals surface area contributed by atoms with Crippen molar-refractivity contribution in [1.82, 2.24) is 0 Å². The molecule has 2 aromatic rings. The van der Waals surface area contributed by atoms with Gasteiger partial charge in [-0.2, -0.15) is 0 Å². The quantitative estimate of drug-likeness (QED) is 0.762. The molecule has 1 aromatic heterocycles. The predicted molar refractivity (Wildman–Crippen MR) is 56.9 cm³/mol. The Morgan fingerprint density at radius 1 is 1.21 bits per heavy atom. The summed E-state index contributed by atoms with van der Waals surface area (Å²) in [5, 5.41) is 12.2. The lowest BCUT2D eigenvalue weighted by molar-refractivity contribution is 0.479. The van der Waals surface area contributed by atoms with Gasteiger partial charge in [0.2, 0.25) is 5.00 Å². The molecule has 0 radical (unpaired) electrons. The van der Waals surface area contributed by atoms with Crippen molar-refractivity contribution >= 4 is 16.3 Å². The van der Waals surface area contributed by atoms with E-state index >= 15 is 0 Å². The normalized spacial score (nSPS) is 10.0. The van der Waals surface area contributed by atoms with Crippen molar-refractivity contribution in [2.75, 3.05) is 0 Å². The molecule has 0 spiro atoms. The summed E-state index contributed by atoms with van der Waals surface area (Å²) in [6, 6.07) is 11.1. The van der Waals surface area contributed by atoms with Crippen molar-refractivity contribution in [3.8, 4) is 16.2 Å². The summed E-state index contributed by atoms with van der Waals surface area (Å²) in [5.41, 5.74) is 0.975. The van der Waals surface area contributed by atoms with Crippen LogP contribution in [0.3, 0.4) is 0 Å². The Balaban J connectivity index is 2.48. The van der Waals surface area contributed by atoms with Gasteiger partial charge < -0.3 is 5.11 Å². The molecule has 2 rings (SSSR count). The van der Waals surface area contributed by atoms with Crippen LogP contribution < -0.4 is 0 Å². The SMILES string of the molecule is O=Nc1sc(-c2ccccc2)cc1O. The minimum atomic E-state index is -0.0520. The van der Waals surface area contributed by atoms with E-state index in [2.05, 4.69) is 5.18 Å². The van der Waals surface area contributed by atoms with Gasteiger partial charge in [-0.05, 0) is 10.7 Å². The van der Waals surface area contributed by atoms with Crippen LogP contribution in [0.25, 0.3) is 10.4 Å². The number of benzene rings is 1. The minimum Gasteiger partial charge on any atom is -0.505 e. The van der Waals surface area contributed by atoms with Crippen molar-refractivity contribution in [1.29, 1.82) is 0 Å². The van der Waals surface area contributed by atoms with Gasteiger partial charge in [0.25, 0.3) is 0 Å². The van der Waals surface area contributed by atoms with Gasteiger partial charge in [0.15, 0.2) is 5.75 Å². The average Bonchev–Trinajstić information content (AvgIpc) is 2.61. The molecule has 70 valence electrons. The number of nitrogens with zero attached hydrogens (tertiary/aromatic N) is 1. The van der Waals surface area contributed by atoms with E-state index in [0.717, 1.165) is 10.4 Å². The lowest BCUT2D eigenvalue weighted by Crippen LogP contribution is -1.67. The molecule has 0 bridgehead atoms. The second-order valence-corrected chi connectivity index (χ2v) is 3.79. The summed E-state index contributed by atoms with van der Waals surface area (Å²) >= 11 is 1.18. The molecule has 0 saturated carbocycles. The number of thiophene rings is 1. The fourth-order valence-corrected chi connectivity index (χ4v) is 2.02. The Hall–Kier alpha value is -1.68. The monoisotopic (exact) mass is 205 g/mol. The Kier molecular flexibility index (Phi) is 2.28. The number of hydrogen-bond donors (Lipinski definition) is 1. The Morgan fingerprint density at radius 2 is 1.93 bits per heavy atom. The molecule has 1 heterocycles. The third-order valence-electron chi connectivity index (χ3n) is 1.83. The molecule has 0 aliphatic carbocycles. The molecule has 1 N–H and O–H groups in total. The second-order valence-electron chi connectivity index (χ2n) is 2.76. The molecule has 0 aliphatic heterocycles. The molecule has 0 atom stereocenters. The predicted octanol–water partition coefficient (Wildman–Crippen LogP) is 3.52. The zero-order valence-electron chi connectivity index (χ0n) is 7.18. The van der Waals surface area contributed by atoms with Gasteiger partial charge >= 0.3 is 0 Å². The summed E-state index contributed by atoms with van der Waals surface area (Å²) in [6.45, 7) is 0. The highest BCUT2D eigenvalue weighted by Crippen LogP contribution is 2.41. The van der Waals surface area contributed by atoms with Gasteiger partial charge in [-0.1, -0.05) is 30.3 Å². The van der Waals surface area contributed by atoms with Crippen LogP contribution in [0.2, 0.25) is 0 Å². The van der Waals surface area contributed by atoms with E-state index in [1.54, 1.807) is 6.07 Å². The van der Waals surface area contributed by atoms with E-state index < -0.39 is 0 Å². The van der Waals surface area contributed by atoms with Crippen LogP contribution in [0.15, 0.2) is 41.6 Å². The van der Waals surface area contributed by atoms with Crippen LogP contribution >= 0.6 is 11.3 Å². The van der Waals surface area contributed by atoms with Crippen LogP contribution in [0.1, 0.15) is 0 Å². The molecule has 4 heteroatoms. The van der Waals surface area contributed by atoms with E-state index in [1.165, 1.54) is 11.3 Å². The molecule has 0 amide bonds. The van der Waals surface area contributed by atoms with Crippen LogP contribution in [-0.4, -0.2) is 5.11 Å². The maximum atomic E-state index is 10.3. The van der Waals surface area contributed by atoms with Crippen LogP contribution in [0.5, 0.6) is 5.75 Å². The van der Waals surface area contributed by atoms with E-state index in [4.69, 9.17) is 0 Å². The van der Waals surface area contributed by atoms with Gasteiger partial charge in [0.05, 0.1) is 0 Å². The van der Waals surface area contributed by atoms with Crippen molar-refractivity contribution in [3.05, 3.63) is 41.3 Å². The molecule has 14 heavy (non-hydrogen) atoms. The minimum absolute atomic E-state index is 0.0520. The third-order valence-corrected chi connectivity index (χ3v) is 2.89. The second kappa shape index (κ2) is 3.59. The van der Waals surface area contributed by atoms with Gasteiger partial charge in [0, 0.05) is 10.9 Å². The van der Waals surface area contributed by atoms with Gasteiger partial charge in [-0.15, -0.1) is 16.2 Å². The third kappa shape index (κ3) is 1.52. The number of rotatable bonds is 2. The van der Waals surface area contributed by atoms with Crippen molar-refractivity contribution in [2.45, 2.75) is 0 Å². The van der Waals surface area contributed by atoms with Gasteiger partial charge in [-0.3, -0.25) is 0 Å². The van der Waals surface area contributed by atoms with E-state index in [1.807, 2.05) is 30.3 Å². The first-order valence-electron chi connectivity index (χ1n) is 4.03. The molecule has 3 nitrogen and oxygen atoms in total. The Morgan fingerprint density at radius 3 is 2.50 bits per heavy atom. The highest BCUT2D eigenvalue weighted by Gasteiger charge is 2.09. The first-order valence-corrected chi connectivity index (χ1v) is 4.84. The first-order chi connectivity index (χ1) is 6.81. The number of hydrogen-bond acceptors (Lipinski definition) is 4. The fraction of sp³-hybridized carbons (Fsp3) is 0. The lowest BCUT2D eigenvalue weighted by Gasteiger charge is -1.93. The van der Waals surface area contributed by atoms with Gasteiger partial charge in [0.1, 0.15) is 0 Å². The van der Waals surface area contributed by atoms with E-state index in [0.29, 0.717) is 0 Å². The largest absolute Gasteiger partial charge is 0.505 e. The summed E-state index contributed by atoms with van der Waals surface area (Å²) in [7, 11) is 0. The first kappa shape index (κ1) is 8.90. The van der Waals surface area contributed by atoms with Crippen molar-refractivity contribution in [2.24, 2.45) is 5.18 Å². The Bertz CT molecular complexity index is 450. The summed E-state index contributed by atoms with van der Waals surface area (Å²) in [5.74, 6) is -0.0520. The van der Waals surface area contributed by atoms with Crippen molar-refractivity contribution < 1.29 is 5.11 Å². The maximum Gasteiger partial charge on any atom is 0.203 e. The zero-order valence-corrected chi connectivity index (χ0v) is 7.99. The Labute approximate surface area is 84.6 Å². The van der Waals surface area contributed by atoms with Crippen molar-refractivity contribution in [3.63, 3.8) is 0 Å². The van der Waals surface area contributed by atoms with E-state index in [9.17, 15) is 10.0 Å². The number of nitroso groups, excluding NO2 is 1. The molecule has 0 aliphatic rings. The lowest BCUT2D eigenvalue weighted by atomic mass is 10.2.